The van der Waals surface area contributed by atoms with Gasteiger partial charge in [-0.1, -0.05) is 124 Å². The summed E-state index contributed by atoms with van der Waals surface area (Å²) in [5, 5.41) is 1.72. The van der Waals surface area contributed by atoms with Crippen LogP contribution >= 0.6 is 75.3 Å². The number of benzene rings is 4. The van der Waals surface area contributed by atoms with Crippen LogP contribution in [0, 0.1) is 0 Å². The fraction of sp³-hybridized carbons (Fsp3) is 0.200. The second-order valence-corrected chi connectivity index (χ2v) is 11.9. The highest BCUT2D eigenvalue weighted by Crippen LogP contribution is 2.29. The average molecular weight is 959 g/mol. The lowest BCUT2D eigenvalue weighted by atomic mass is 10.1. The van der Waals surface area contributed by atoms with Crippen LogP contribution in [0.2, 0.25) is 5.02 Å². The molecule has 0 aromatic heterocycles. The fourth-order valence-corrected chi connectivity index (χ4v) is 4.95. The fourth-order valence-electron chi connectivity index (χ4n) is 3.48. The number of alkyl halides is 7. The highest BCUT2D eigenvalue weighted by atomic mass is 79.9. The molecule has 4 aromatic carbocycles. The molecule has 0 N–H and O–H groups in total. The molecule has 0 fully saturated rings. The number of Topliss-reactive ketones (excluding diaryl/α,β-unsaturated/α-hetero) is 4. The number of carbonyl (C=O) groups is 4. The summed E-state index contributed by atoms with van der Waals surface area (Å²) in [5.74, 6) is 1.25. The van der Waals surface area contributed by atoms with Crippen molar-refractivity contribution in [2.24, 2.45) is 0 Å². The molecule has 0 aliphatic rings. The summed E-state index contributed by atoms with van der Waals surface area (Å²) >= 11 is 17.9. The second-order valence-electron chi connectivity index (χ2n) is 9.24. The summed E-state index contributed by atoms with van der Waals surface area (Å²) in [7, 11) is 3.14. The van der Waals surface area contributed by atoms with E-state index >= 15 is 0 Å². The summed E-state index contributed by atoms with van der Waals surface area (Å²) in [6, 6.07) is 25.3. The number of carbonyl (C=O) groups excluding carboxylic acids is 4. The van der Waals surface area contributed by atoms with E-state index in [9.17, 15) is 32.3 Å². The van der Waals surface area contributed by atoms with Gasteiger partial charge in [0.25, 0.3) is 0 Å². The largest absolute Gasteiger partial charge is 0.497 e. The number of para-hydroxylation sites is 1. The molecule has 4 rings (SSSR count). The van der Waals surface area contributed by atoms with Gasteiger partial charge in [0.05, 0.1) is 46.7 Å². The van der Waals surface area contributed by atoms with Gasteiger partial charge in [0.15, 0.2) is 23.1 Å². The minimum atomic E-state index is -4.35. The number of halogens is 8. The van der Waals surface area contributed by atoms with Gasteiger partial charge in [-0.05, 0) is 48.5 Å². The Labute approximate surface area is 321 Å². The van der Waals surface area contributed by atoms with Gasteiger partial charge in [-0.15, -0.1) is 0 Å². The number of rotatable bonds is 10. The molecule has 6 nitrogen and oxygen atoms in total. The van der Waals surface area contributed by atoms with E-state index in [1.54, 1.807) is 68.8 Å². The predicted octanol–water partition coefficient (Wildman–Crippen LogP) is 10.7. The third kappa shape index (κ3) is 16.2. The van der Waals surface area contributed by atoms with Crippen LogP contribution in [0.4, 0.5) is 13.2 Å². The van der Waals surface area contributed by atoms with Gasteiger partial charge in [0.2, 0.25) is 0 Å². The minimum absolute atomic E-state index is 0.0347. The lowest BCUT2D eigenvalue weighted by molar-refractivity contribution is -0.137. The van der Waals surface area contributed by atoms with Crippen molar-refractivity contribution >= 4 is 98.5 Å². The van der Waals surface area contributed by atoms with Crippen molar-refractivity contribution in [3.8, 4) is 11.5 Å². The SMILES string of the molecule is COc1cccc(C(=O)CBr)c1.COc1ccccc1C(=O)CBr.O=C(CBr)c1ccc(C(F)(F)F)cc1.O=C(CBr)c1cccc(Cl)c1. The van der Waals surface area contributed by atoms with Crippen molar-refractivity contribution in [1.82, 2.24) is 0 Å². The monoisotopic (exact) mass is 954 g/mol. The Kier molecular flexibility index (Phi) is 21.2. The van der Waals surface area contributed by atoms with E-state index in [-0.39, 0.29) is 34.0 Å². The van der Waals surface area contributed by atoms with Crippen molar-refractivity contribution in [2.45, 2.75) is 6.18 Å². The number of methoxy groups -OCH3 is 2. The molecule has 0 atom stereocenters. The summed E-state index contributed by atoms with van der Waals surface area (Å²) in [6.07, 6.45) is -4.35. The molecule has 262 valence electrons. The molecule has 0 bridgehead atoms. The van der Waals surface area contributed by atoms with Gasteiger partial charge in [-0.2, -0.15) is 13.2 Å². The third-order valence-corrected chi connectivity index (χ3v) is 8.24. The van der Waals surface area contributed by atoms with Gasteiger partial charge < -0.3 is 9.47 Å². The van der Waals surface area contributed by atoms with Crippen LogP contribution in [0.1, 0.15) is 47.0 Å². The van der Waals surface area contributed by atoms with Crippen LogP contribution in [-0.4, -0.2) is 58.7 Å². The molecular weight excluding hydrogens is 928 g/mol. The Morgan fingerprint density at radius 3 is 1.55 bits per heavy atom. The molecular formula is C35H30Br4ClF3O6. The van der Waals surface area contributed by atoms with Gasteiger partial charge in [-0.3, -0.25) is 19.2 Å². The topological polar surface area (TPSA) is 86.7 Å². The number of ketones is 4. The maximum absolute atomic E-state index is 12.1. The van der Waals surface area contributed by atoms with Crippen LogP contribution in [-0.2, 0) is 6.18 Å². The van der Waals surface area contributed by atoms with Crippen molar-refractivity contribution in [1.29, 1.82) is 0 Å². The normalized spacial score (nSPS) is 10.1. The van der Waals surface area contributed by atoms with Crippen LogP contribution in [0.3, 0.4) is 0 Å². The molecule has 0 saturated carbocycles. The molecule has 0 heterocycles. The minimum Gasteiger partial charge on any atom is -0.497 e. The van der Waals surface area contributed by atoms with Gasteiger partial charge in [0.1, 0.15) is 11.5 Å². The second kappa shape index (κ2) is 23.5. The Balaban J connectivity index is 0.000000328. The first-order chi connectivity index (χ1) is 23.2. The first kappa shape index (κ1) is 44.2. The van der Waals surface area contributed by atoms with Gasteiger partial charge in [-0.25, -0.2) is 0 Å². The summed E-state index contributed by atoms with van der Waals surface area (Å²) in [4.78, 5) is 44.6. The van der Waals surface area contributed by atoms with E-state index in [4.69, 9.17) is 21.1 Å². The molecule has 0 radical (unpaired) electrons. The maximum atomic E-state index is 12.1. The first-order valence-corrected chi connectivity index (χ1v) is 18.7. The Bertz CT molecular complexity index is 1670. The van der Waals surface area contributed by atoms with Crippen LogP contribution in [0.15, 0.2) is 97.1 Å². The van der Waals surface area contributed by atoms with Crippen molar-refractivity contribution in [2.75, 3.05) is 35.5 Å². The molecule has 0 unspecified atom stereocenters. The number of ether oxygens (including phenoxy) is 2. The molecule has 0 amide bonds. The molecule has 0 aliphatic heterocycles. The molecule has 49 heavy (non-hydrogen) atoms. The van der Waals surface area contributed by atoms with Gasteiger partial charge in [0, 0.05) is 21.7 Å². The first-order valence-electron chi connectivity index (χ1n) is 13.8. The van der Waals surface area contributed by atoms with Crippen molar-refractivity contribution in [3.63, 3.8) is 0 Å². The standard InChI is InChI=1S/C9H6BrF3O.2C9H9BrO2.C8H6BrClO/c10-5-8(14)6-1-3-7(4-2-6)9(11,12)13;1-12-8-4-2-3-7(5-8)9(11)6-10;1-12-9-5-3-2-4-7(9)8(11)6-10;9-5-8(11)6-2-1-3-7(10)4-6/h1-4H,5H2;2*2-5H,6H2,1H3;1-4H,5H2. The van der Waals surface area contributed by atoms with Crippen molar-refractivity contribution in [3.05, 3.63) is 130 Å². The Hall–Kier alpha value is -2.84. The van der Waals surface area contributed by atoms with E-state index in [1.807, 2.05) is 18.2 Å². The number of hydrogen-bond donors (Lipinski definition) is 0. The van der Waals surface area contributed by atoms with Crippen LogP contribution in [0.25, 0.3) is 0 Å². The third-order valence-electron chi connectivity index (χ3n) is 5.97. The van der Waals surface area contributed by atoms with E-state index in [1.165, 1.54) is 12.1 Å². The summed E-state index contributed by atoms with van der Waals surface area (Å²) in [5.41, 5.74) is 1.47. The van der Waals surface area contributed by atoms with Crippen LogP contribution in [0.5, 0.6) is 11.5 Å². The average Bonchev–Trinajstić information content (AvgIpc) is 3.13. The summed E-state index contributed by atoms with van der Waals surface area (Å²) in [6.45, 7) is 0. The zero-order chi connectivity index (χ0) is 37.0. The molecule has 0 saturated heterocycles. The molecule has 0 spiro atoms. The molecule has 4 aromatic rings. The Morgan fingerprint density at radius 2 is 1.08 bits per heavy atom. The summed E-state index contributed by atoms with van der Waals surface area (Å²) < 4.78 is 46.3. The maximum Gasteiger partial charge on any atom is 0.416 e. The smallest absolute Gasteiger partial charge is 0.416 e. The van der Waals surface area contributed by atoms with Crippen molar-refractivity contribution < 1.29 is 41.8 Å². The number of hydrogen-bond acceptors (Lipinski definition) is 6. The highest BCUT2D eigenvalue weighted by Gasteiger charge is 2.30. The molecule has 0 aliphatic carbocycles. The van der Waals surface area contributed by atoms with E-state index in [2.05, 4.69) is 63.7 Å². The quantitative estimate of drug-likeness (QED) is 0.116. The lowest BCUT2D eigenvalue weighted by Crippen LogP contribution is -2.06. The zero-order valence-corrected chi connectivity index (χ0v) is 33.1. The lowest BCUT2D eigenvalue weighted by Gasteiger charge is -2.06. The molecule has 14 heteroatoms. The highest BCUT2D eigenvalue weighted by molar-refractivity contribution is 9.10. The van der Waals surface area contributed by atoms with Crippen LogP contribution < -0.4 is 9.47 Å². The Morgan fingerprint density at radius 1 is 0.592 bits per heavy atom. The zero-order valence-electron chi connectivity index (χ0n) is 26.0. The van der Waals surface area contributed by atoms with E-state index in [0.29, 0.717) is 49.2 Å². The van der Waals surface area contributed by atoms with Gasteiger partial charge >= 0.3 is 6.18 Å². The van der Waals surface area contributed by atoms with E-state index < -0.39 is 11.7 Å². The van der Waals surface area contributed by atoms with E-state index in [0.717, 1.165) is 12.1 Å². The predicted molar refractivity (Wildman–Crippen MR) is 201 cm³/mol.